The van der Waals surface area contributed by atoms with Gasteiger partial charge in [0.15, 0.2) is 0 Å². The summed E-state index contributed by atoms with van der Waals surface area (Å²) in [5.74, 6) is 0.370. The van der Waals surface area contributed by atoms with Crippen molar-refractivity contribution in [3.8, 4) is 0 Å². The number of benzene rings is 2. The summed E-state index contributed by atoms with van der Waals surface area (Å²) >= 11 is 1.86. The highest BCUT2D eigenvalue weighted by molar-refractivity contribution is 8.02. The highest BCUT2D eigenvalue weighted by atomic mass is 32.2. The van der Waals surface area contributed by atoms with Crippen LogP contribution in [0.25, 0.3) is 0 Å². The fourth-order valence-corrected chi connectivity index (χ4v) is 6.64. The predicted molar refractivity (Wildman–Crippen MR) is 111 cm³/mol. The Morgan fingerprint density at radius 2 is 1.57 bits per heavy atom. The van der Waals surface area contributed by atoms with E-state index in [1.807, 2.05) is 53.1 Å². The molecule has 4 nitrogen and oxygen atoms in total. The van der Waals surface area contributed by atoms with E-state index in [4.69, 9.17) is 0 Å². The molecule has 3 saturated heterocycles. The molecule has 0 bridgehead atoms. The average Bonchev–Trinajstić information content (AvgIpc) is 3.28. The zero-order chi connectivity index (χ0) is 19.1. The topological polar surface area (TPSA) is 40.6 Å². The minimum absolute atomic E-state index is 0.0774. The van der Waals surface area contributed by atoms with Gasteiger partial charge in [0.05, 0.1) is 11.4 Å². The van der Waals surface area contributed by atoms with Gasteiger partial charge in [-0.05, 0) is 43.4 Å². The van der Waals surface area contributed by atoms with Crippen LogP contribution in [0.5, 0.6) is 0 Å². The maximum absolute atomic E-state index is 13.5. The van der Waals surface area contributed by atoms with Crippen molar-refractivity contribution in [1.29, 1.82) is 0 Å². The van der Waals surface area contributed by atoms with E-state index in [0.29, 0.717) is 19.0 Å². The van der Waals surface area contributed by atoms with Crippen molar-refractivity contribution in [2.24, 2.45) is 0 Å². The summed E-state index contributed by atoms with van der Waals surface area (Å²) in [7, 11) is 0. The van der Waals surface area contributed by atoms with Crippen molar-refractivity contribution in [2.45, 2.75) is 41.8 Å². The first-order valence-corrected chi connectivity index (χ1v) is 11.0. The van der Waals surface area contributed by atoms with Gasteiger partial charge in [0.2, 0.25) is 5.91 Å². The van der Waals surface area contributed by atoms with Crippen molar-refractivity contribution >= 4 is 23.6 Å². The molecule has 3 aliphatic rings. The lowest BCUT2D eigenvalue weighted by Crippen LogP contribution is -2.49. The van der Waals surface area contributed by atoms with E-state index in [1.54, 1.807) is 0 Å². The summed E-state index contributed by atoms with van der Waals surface area (Å²) < 4.78 is -0.342. The van der Waals surface area contributed by atoms with Gasteiger partial charge in [-0.1, -0.05) is 48.5 Å². The van der Waals surface area contributed by atoms with Gasteiger partial charge >= 0.3 is 0 Å². The third kappa shape index (κ3) is 2.84. The van der Waals surface area contributed by atoms with Crippen molar-refractivity contribution in [3.63, 3.8) is 0 Å². The minimum Gasteiger partial charge on any atom is -0.339 e. The highest BCUT2D eigenvalue weighted by Crippen LogP contribution is 2.55. The Morgan fingerprint density at radius 3 is 2.25 bits per heavy atom. The molecule has 2 aromatic carbocycles. The minimum atomic E-state index is -0.342. The standard InChI is InChI=1S/C23H24N2O2S/c26-21(18-9-5-2-6-10-18)24-15-13-23(14-16-24)22(27)25-19(11-12-20(25)28-23)17-7-3-1-4-8-17/h1-10,19-20H,11-16H2/t19-,20+/m0/s1. The number of fused-ring (bicyclic) bond motifs is 1. The summed E-state index contributed by atoms with van der Waals surface area (Å²) in [4.78, 5) is 30.3. The summed E-state index contributed by atoms with van der Waals surface area (Å²) in [6.45, 7) is 1.31. The van der Waals surface area contributed by atoms with Gasteiger partial charge in [0, 0.05) is 18.7 Å². The lowest BCUT2D eigenvalue weighted by Gasteiger charge is -2.38. The van der Waals surface area contributed by atoms with Gasteiger partial charge in [-0.15, -0.1) is 11.8 Å². The van der Waals surface area contributed by atoms with Gasteiger partial charge in [-0.25, -0.2) is 0 Å². The number of carbonyl (C=O) groups is 2. The van der Waals surface area contributed by atoms with Gasteiger partial charge < -0.3 is 9.80 Å². The highest BCUT2D eigenvalue weighted by Gasteiger charge is 2.57. The maximum Gasteiger partial charge on any atom is 0.253 e. The van der Waals surface area contributed by atoms with Crippen molar-refractivity contribution in [3.05, 3.63) is 71.8 Å². The Bertz CT molecular complexity index is 878. The second-order valence-electron chi connectivity index (χ2n) is 7.94. The van der Waals surface area contributed by atoms with Crippen LogP contribution in [-0.4, -0.2) is 44.8 Å². The van der Waals surface area contributed by atoms with Crippen LogP contribution in [0.15, 0.2) is 60.7 Å². The molecule has 3 heterocycles. The van der Waals surface area contributed by atoms with E-state index < -0.39 is 0 Å². The first-order chi connectivity index (χ1) is 13.7. The van der Waals surface area contributed by atoms with Crippen LogP contribution < -0.4 is 0 Å². The molecule has 0 radical (unpaired) electrons. The van der Waals surface area contributed by atoms with E-state index in [2.05, 4.69) is 29.2 Å². The normalized spacial score (nSPS) is 25.9. The molecule has 0 N–H and O–H groups in total. The predicted octanol–water partition coefficient (Wildman–Crippen LogP) is 4.10. The van der Waals surface area contributed by atoms with Crippen LogP contribution >= 0.6 is 11.8 Å². The molecular weight excluding hydrogens is 368 g/mol. The number of hydrogen-bond donors (Lipinski definition) is 0. The molecule has 2 aromatic rings. The lowest BCUT2D eigenvalue weighted by molar-refractivity contribution is -0.134. The number of piperidine rings is 1. The van der Waals surface area contributed by atoms with Gasteiger partial charge in [-0.3, -0.25) is 9.59 Å². The Morgan fingerprint density at radius 1 is 0.929 bits per heavy atom. The average molecular weight is 393 g/mol. The summed E-state index contributed by atoms with van der Waals surface area (Å²) in [6, 6.07) is 20.1. The molecule has 1 spiro atoms. The Labute approximate surface area is 169 Å². The molecule has 5 heteroatoms. The fourth-order valence-electron chi connectivity index (χ4n) is 4.88. The van der Waals surface area contributed by atoms with Gasteiger partial charge in [0.1, 0.15) is 4.75 Å². The van der Waals surface area contributed by atoms with E-state index in [1.165, 1.54) is 5.56 Å². The summed E-state index contributed by atoms with van der Waals surface area (Å²) in [5.41, 5.74) is 1.97. The number of hydrogen-bond acceptors (Lipinski definition) is 3. The molecule has 2 amide bonds. The number of nitrogens with zero attached hydrogens (tertiary/aromatic N) is 2. The molecule has 0 saturated carbocycles. The van der Waals surface area contributed by atoms with Crippen molar-refractivity contribution in [1.82, 2.24) is 9.80 Å². The van der Waals surface area contributed by atoms with Crippen LogP contribution in [0.4, 0.5) is 0 Å². The first kappa shape index (κ1) is 17.8. The summed E-state index contributed by atoms with van der Waals surface area (Å²) in [5, 5.41) is 0.286. The van der Waals surface area contributed by atoms with E-state index >= 15 is 0 Å². The molecule has 0 aliphatic carbocycles. The molecule has 3 fully saturated rings. The monoisotopic (exact) mass is 392 g/mol. The Balaban J connectivity index is 1.31. The van der Waals surface area contributed by atoms with Crippen molar-refractivity contribution in [2.75, 3.05) is 13.1 Å². The zero-order valence-corrected chi connectivity index (χ0v) is 16.6. The number of carbonyl (C=O) groups excluding carboxylic acids is 2. The van der Waals surface area contributed by atoms with E-state index in [9.17, 15) is 9.59 Å². The number of thioether (sulfide) groups is 1. The lowest BCUT2D eigenvalue weighted by atomic mass is 9.92. The van der Waals surface area contributed by atoms with Gasteiger partial charge in [-0.2, -0.15) is 0 Å². The molecule has 0 aromatic heterocycles. The SMILES string of the molecule is O=C(c1ccccc1)N1CCC2(CC1)S[C@@H]1CC[C@@H](c3ccccc3)N1C2=O. The molecule has 144 valence electrons. The van der Waals surface area contributed by atoms with Crippen molar-refractivity contribution < 1.29 is 9.59 Å². The van der Waals surface area contributed by atoms with Crippen LogP contribution in [0.3, 0.4) is 0 Å². The number of amides is 2. The Hall–Kier alpha value is -2.27. The van der Waals surface area contributed by atoms with Crippen LogP contribution in [-0.2, 0) is 4.79 Å². The zero-order valence-electron chi connectivity index (χ0n) is 15.8. The third-order valence-electron chi connectivity index (χ3n) is 6.38. The fraction of sp³-hybridized carbons (Fsp3) is 0.391. The third-order valence-corrected chi connectivity index (χ3v) is 8.15. The van der Waals surface area contributed by atoms with E-state index in [0.717, 1.165) is 31.2 Å². The van der Waals surface area contributed by atoms with Gasteiger partial charge in [0.25, 0.3) is 5.91 Å². The maximum atomic E-state index is 13.5. The molecule has 28 heavy (non-hydrogen) atoms. The molecule has 2 atom stereocenters. The second kappa shape index (κ2) is 6.96. The van der Waals surface area contributed by atoms with Crippen LogP contribution in [0.1, 0.15) is 47.6 Å². The molecule has 5 rings (SSSR count). The smallest absolute Gasteiger partial charge is 0.253 e. The summed E-state index contributed by atoms with van der Waals surface area (Å²) in [6.07, 6.45) is 3.61. The molecular formula is C23H24N2O2S. The van der Waals surface area contributed by atoms with E-state index in [-0.39, 0.29) is 22.1 Å². The number of rotatable bonds is 2. The first-order valence-electron chi connectivity index (χ1n) is 10.1. The quantitative estimate of drug-likeness (QED) is 0.773. The second-order valence-corrected chi connectivity index (χ2v) is 9.50. The number of likely N-dealkylation sites (tertiary alicyclic amines) is 1. The largest absolute Gasteiger partial charge is 0.339 e. The van der Waals surface area contributed by atoms with Crippen LogP contribution in [0.2, 0.25) is 0 Å². The Kier molecular flexibility index (Phi) is 4.43. The van der Waals surface area contributed by atoms with Crippen LogP contribution in [0, 0.1) is 0 Å². The molecule has 0 unspecified atom stereocenters. The molecule has 3 aliphatic heterocycles.